The van der Waals surface area contributed by atoms with Crippen LogP contribution in [0, 0.1) is 5.92 Å². The number of hydrogen-bond acceptors (Lipinski definition) is 2. The van der Waals surface area contributed by atoms with Gasteiger partial charge in [-0.05, 0) is 56.6 Å². The van der Waals surface area contributed by atoms with Crippen LogP contribution in [-0.4, -0.2) is 12.1 Å². The maximum atomic E-state index is 6.57. The van der Waals surface area contributed by atoms with Gasteiger partial charge in [0, 0.05) is 5.54 Å². The summed E-state index contributed by atoms with van der Waals surface area (Å²) in [6, 6.07) is 10.1. The molecule has 1 fully saturated rings. The van der Waals surface area contributed by atoms with Crippen LogP contribution in [0.3, 0.4) is 0 Å². The Morgan fingerprint density at radius 3 is 2.52 bits per heavy atom. The Hall–Kier alpha value is -1.02. The number of benzene rings is 1. The molecule has 2 nitrogen and oxygen atoms in total. The van der Waals surface area contributed by atoms with Gasteiger partial charge < -0.3 is 10.5 Å². The first-order valence-corrected chi connectivity index (χ1v) is 8.68. The third kappa shape index (κ3) is 5.70. The predicted octanol–water partition coefficient (Wildman–Crippen LogP) is 4.92. The smallest absolute Gasteiger partial charge is 0.119 e. The minimum Gasteiger partial charge on any atom is -0.494 e. The number of rotatable bonds is 8. The Kier molecular flexibility index (Phi) is 6.56. The van der Waals surface area contributed by atoms with Crippen molar-refractivity contribution in [3.05, 3.63) is 30.3 Å². The molecule has 0 amide bonds. The van der Waals surface area contributed by atoms with Gasteiger partial charge in [-0.3, -0.25) is 0 Å². The highest BCUT2D eigenvalue weighted by molar-refractivity contribution is 5.20. The molecule has 118 valence electrons. The molecule has 0 spiro atoms. The van der Waals surface area contributed by atoms with E-state index < -0.39 is 0 Å². The van der Waals surface area contributed by atoms with Crippen LogP contribution >= 0.6 is 0 Å². The monoisotopic (exact) mass is 289 g/mol. The molecule has 21 heavy (non-hydrogen) atoms. The van der Waals surface area contributed by atoms with E-state index in [9.17, 15) is 0 Å². The topological polar surface area (TPSA) is 35.2 Å². The number of hydrogen-bond donors (Lipinski definition) is 1. The first-order valence-electron chi connectivity index (χ1n) is 8.68. The molecule has 0 aromatic heterocycles. The van der Waals surface area contributed by atoms with Gasteiger partial charge in [0.05, 0.1) is 6.61 Å². The fourth-order valence-corrected chi connectivity index (χ4v) is 3.41. The maximum absolute atomic E-state index is 6.57. The fourth-order valence-electron chi connectivity index (χ4n) is 3.41. The number of nitrogens with two attached hydrogens (primary N) is 1. The number of ether oxygens (including phenoxy) is 1. The van der Waals surface area contributed by atoms with Crippen molar-refractivity contribution in [1.82, 2.24) is 0 Å². The standard InChI is InChI=1S/C19H31NO/c1-2-3-8-17-11-14-19(20,15-12-17)13-7-16-21-18-9-5-4-6-10-18/h4-6,9-10,17H,2-3,7-8,11-16,20H2,1H3. The molecule has 1 aliphatic carbocycles. The van der Waals surface area contributed by atoms with Crippen molar-refractivity contribution >= 4 is 0 Å². The lowest BCUT2D eigenvalue weighted by molar-refractivity contribution is 0.196. The molecule has 1 aromatic carbocycles. The molecule has 0 aliphatic heterocycles. The van der Waals surface area contributed by atoms with E-state index in [1.807, 2.05) is 30.3 Å². The van der Waals surface area contributed by atoms with Crippen LogP contribution in [-0.2, 0) is 0 Å². The Bertz CT molecular complexity index is 382. The van der Waals surface area contributed by atoms with Crippen LogP contribution in [0.2, 0.25) is 0 Å². The minimum atomic E-state index is 0.0722. The van der Waals surface area contributed by atoms with Gasteiger partial charge in [-0.2, -0.15) is 0 Å². The summed E-state index contributed by atoms with van der Waals surface area (Å²) in [5.74, 6) is 1.90. The van der Waals surface area contributed by atoms with Gasteiger partial charge >= 0.3 is 0 Å². The van der Waals surface area contributed by atoms with Crippen LogP contribution in [0.5, 0.6) is 5.75 Å². The van der Waals surface area contributed by atoms with Crippen LogP contribution < -0.4 is 10.5 Å². The van der Waals surface area contributed by atoms with E-state index in [-0.39, 0.29) is 5.54 Å². The van der Waals surface area contributed by atoms with Gasteiger partial charge in [-0.1, -0.05) is 44.4 Å². The summed E-state index contributed by atoms with van der Waals surface area (Å²) in [6.07, 6.45) is 11.3. The summed E-state index contributed by atoms with van der Waals surface area (Å²) in [5, 5.41) is 0. The summed E-state index contributed by atoms with van der Waals surface area (Å²) in [5.41, 5.74) is 6.65. The summed E-state index contributed by atoms with van der Waals surface area (Å²) in [6.45, 7) is 3.06. The molecule has 1 aliphatic rings. The molecule has 0 heterocycles. The highest BCUT2D eigenvalue weighted by Crippen LogP contribution is 2.35. The van der Waals surface area contributed by atoms with Crippen molar-refractivity contribution in [3.8, 4) is 5.75 Å². The SMILES string of the molecule is CCCCC1CCC(N)(CCCOc2ccccc2)CC1. The van der Waals surface area contributed by atoms with Crippen molar-refractivity contribution in [2.45, 2.75) is 70.3 Å². The van der Waals surface area contributed by atoms with Crippen LogP contribution in [0.15, 0.2) is 30.3 Å². The van der Waals surface area contributed by atoms with Gasteiger partial charge in [0.15, 0.2) is 0 Å². The first kappa shape index (κ1) is 16.4. The Morgan fingerprint density at radius 1 is 1.14 bits per heavy atom. The van der Waals surface area contributed by atoms with Crippen molar-refractivity contribution in [1.29, 1.82) is 0 Å². The van der Waals surface area contributed by atoms with Crippen LogP contribution in [0.25, 0.3) is 0 Å². The predicted molar refractivity (Wildman–Crippen MR) is 89.6 cm³/mol. The minimum absolute atomic E-state index is 0.0722. The molecule has 2 N–H and O–H groups in total. The lowest BCUT2D eigenvalue weighted by atomic mass is 9.73. The summed E-state index contributed by atoms with van der Waals surface area (Å²) >= 11 is 0. The van der Waals surface area contributed by atoms with Gasteiger partial charge in [0.2, 0.25) is 0 Å². The zero-order chi connectivity index (χ0) is 15.0. The molecule has 0 unspecified atom stereocenters. The second kappa shape index (κ2) is 8.43. The number of para-hydroxylation sites is 1. The second-order valence-corrected chi connectivity index (χ2v) is 6.71. The summed E-state index contributed by atoms with van der Waals surface area (Å²) in [7, 11) is 0. The largest absolute Gasteiger partial charge is 0.494 e. The van der Waals surface area contributed by atoms with Crippen molar-refractivity contribution in [3.63, 3.8) is 0 Å². The van der Waals surface area contributed by atoms with E-state index in [1.54, 1.807) is 0 Å². The highest BCUT2D eigenvalue weighted by atomic mass is 16.5. The normalized spacial score (nSPS) is 25.7. The Balaban J connectivity index is 1.62. The number of unbranched alkanes of at least 4 members (excludes halogenated alkanes) is 1. The van der Waals surface area contributed by atoms with E-state index in [0.717, 1.165) is 31.1 Å². The molecule has 0 radical (unpaired) electrons. The summed E-state index contributed by atoms with van der Waals surface area (Å²) in [4.78, 5) is 0. The molecule has 2 heteroatoms. The van der Waals surface area contributed by atoms with Crippen molar-refractivity contribution in [2.75, 3.05) is 6.61 Å². The van der Waals surface area contributed by atoms with E-state index in [0.29, 0.717) is 0 Å². The summed E-state index contributed by atoms with van der Waals surface area (Å²) < 4.78 is 5.76. The molecular formula is C19H31NO. The van der Waals surface area contributed by atoms with E-state index in [2.05, 4.69) is 6.92 Å². The molecule has 1 saturated carbocycles. The molecule has 0 atom stereocenters. The average Bonchev–Trinajstić information content (AvgIpc) is 2.52. The van der Waals surface area contributed by atoms with Crippen LogP contribution in [0.1, 0.15) is 64.7 Å². The molecule has 0 saturated heterocycles. The van der Waals surface area contributed by atoms with E-state index in [4.69, 9.17) is 10.5 Å². The van der Waals surface area contributed by atoms with E-state index >= 15 is 0 Å². The van der Waals surface area contributed by atoms with Crippen molar-refractivity contribution in [2.24, 2.45) is 11.7 Å². The lowest BCUT2D eigenvalue weighted by Gasteiger charge is -2.37. The zero-order valence-electron chi connectivity index (χ0n) is 13.5. The molecule has 1 aromatic rings. The average molecular weight is 289 g/mol. The van der Waals surface area contributed by atoms with Crippen molar-refractivity contribution < 1.29 is 4.74 Å². The molecule has 0 bridgehead atoms. The van der Waals surface area contributed by atoms with E-state index in [1.165, 1.54) is 44.9 Å². The van der Waals surface area contributed by atoms with Gasteiger partial charge in [0.25, 0.3) is 0 Å². The quantitative estimate of drug-likeness (QED) is 0.689. The first-order chi connectivity index (χ1) is 10.2. The third-order valence-electron chi connectivity index (χ3n) is 4.90. The zero-order valence-corrected chi connectivity index (χ0v) is 13.5. The van der Waals surface area contributed by atoms with Gasteiger partial charge in [0.1, 0.15) is 5.75 Å². The lowest BCUT2D eigenvalue weighted by Crippen LogP contribution is -2.43. The molecule has 2 rings (SSSR count). The highest BCUT2D eigenvalue weighted by Gasteiger charge is 2.30. The van der Waals surface area contributed by atoms with Gasteiger partial charge in [-0.25, -0.2) is 0 Å². The Labute approximate surface area is 130 Å². The third-order valence-corrected chi connectivity index (χ3v) is 4.90. The van der Waals surface area contributed by atoms with Gasteiger partial charge in [-0.15, -0.1) is 0 Å². The Morgan fingerprint density at radius 2 is 1.86 bits per heavy atom. The molecular weight excluding hydrogens is 258 g/mol. The second-order valence-electron chi connectivity index (χ2n) is 6.71. The fraction of sp³-hybridized carbons (Fsp3) is 0.684. The maximum Gasteiger partial charge on any atom is 0.119 e. The van der Waals surface area contributed by atoms with Crippen LogP contribution in [0.4, 0.5) is 0 Å².